The Morgan fingerprint density at radius 3 is 1.36 bits per heavy atom. The van der Waals surface area contributed by atoms with Crippen LogP contribution in [0, 0.1) is 0 Å². The number of ether oxygens (including phenoxy) is 4. The fraction of sp³-hybridized carbons (Fsp3) is 0.859. The lowest BCUT2D eigenvalue weighted by molar-refractivity contribution is -0.359. The fourth-order valence-corrected chi connectivity index (χ4v) is 10.3. The maximum Gasteiger partial charge on any atom is 0.220 e. The molecule has 2 aliphatic rings. The number of rotatable bonds is 51. The summed E-state index contributed by atoms with van der Waals surface area (Å²) in [6.07, 6.45) is 46.4. The maximum atomic E-state index is 13.2. The van der Waals surface area contributed by atoms with Gasteiger partial charge in [-0.25, -0.2) is 0 Å². The van der Waals surface area contributed by atoms with Gasteiger partial charge in [-0.3, -0.25) is 4.79 Å². The molecule has 1 amide bonds. The third-order valence-electron chi connectivity index (χ3n) is 15.5. The summed E-state index contributed by atoms with van der Waals surface area (Å²) in [5.41, 5.74) is 0. The van der Waals surface area contributed by atoms with Crippen LogP contribution in [-0.4, -0.2) is 140 Å². The lowest BCUT2D eigenvalue weighted by atomic mass is 9.97. The summed E-state index contributed by atoms with van der Waals surface area (Å²) >= 11 is 0. The zero-order valence-electron chi connectivity index (χ0n) is 49.2. The Labute approximate surface area is 473 Å². The highest BCUT2D eigenvalue weighted by Crippen LogP contribution is 2.30. The highest BCUT2D eigenvalue weighted by Gasteiger charge is 2.51. The maximum absolute atomic E-state index is 13.2. The zero-order chi connectivity index (χ0) is 56.7. The number of allylic oxidation sites excluding steroid dienone is 7. The Balaban J connectivity index is 1.56. The molecule has 2 heterocycles. The molecule has 2 rings (SSSR count). The molecule has 9 N–H and O–H groups in total. The molecule has 0 bridgehead atoms. The normalized spacial score (nSPS) is 24.8. The van der Waals surface area contributed by atoms with Crippen molar-refractivity contribution in [3.63, 3.8) is 0 Å². The Hall–Kier alpha value is -2.05. The smallest absolute Gasteiger partial charge is 0.220 e. The van der Waals surface area contributed by atoms with Crippen LogP contribution in [0.4, 0.5) is 0 Å². The SMILES string of the molecule is CCCCC/C=C/CC/C=C/C(O)C(COC1OC(CO)C(OC2OC(CO)C(O)C(O)C2O)C(O)C1O)NC(=O)CCCCCCCCCCCCCCCCCCCCCCCCC/C=C\C/C=C\CCCCCCC. The van der Waals surface area contributed by atoms with Crippen LogP contribution in [-0.2, 0) is 23.7 Å². The van der Waals surface area contributed by atoms with Crippen LogP contribution >= 0.6 is 0 Å². The van der Waals surface area contributed by atoms with Gasteiger partial charge in [-0.05, 0) is 64.2 Å². The van der Waals surface area contributed by atoms with E-state index in [-0.39, 0.29) is 18.9 Å². The van der Waals surface area contributed by atoms with Crippen LogP contribution in [0.5, 0.6) is 0 Å². The minimum atomic E-state index is -1.79. The summed E-state index contributed by atoms with van der Waals surface area (Å²) in [6, 6.07) is -0.928. The van der Waals surface area contributed by atoms with Gasteiger partial charge in [0.25, 0.3) is 0 Å². The average molecular weight is 1110 g/mol. The molecule has 12 atom stereocenters. The van der Waals surface area contributed by atoms with Crippen LogP contribution in [0.2, 0.25) is 0 Å². The molecular formula is C64H117NO13. The molecule has 2 aliphatic heterocycles. The fourth-order valence-electron chi connectivity index (χ4n) is 10.3. The topological polar surface area (TPSA) is 228 Å². The number of hydrogen-bond donors (Lipinski definition) is 9. The second kappa shape index (κ2) is 49.5. The van der Waals surface area contributed by atoms with E-state index in [1.165, 1.54) is 180 Å². The second-order valence-electron chi connectivity index (χ2n) is 22.5. The molecule has 0 aromatic rings. The first-order valence-electron chi connectivity index (χ1n) is 31.9. The number of carbonyl (C=O) groups is 1. The third-order valence-corrected chi connectivity index (χ3v) is 15.5. The van der Waals surface area contributed by atoms with E-state index in [1.54, 1.807) is 6.08 Å². The minimum absolute atomic E-state index is 0.249. The van der Waals surface area contributed by atoms with Gasteiger partial charge in [-0.15, -0.1) is 0 Å². The van der Waals surface area contributed by atoms with Crippen molar-refractivity contribution in [2.45, 2.75) is 331 Å². The van der Waals surface area contributed by atoms with E-state index < -0.39 is 86.8 Å². The van der Waals surface area contributed by atoms with E-state index in [0.29, 0.717) is 12.8 Å². The Morgan fingerprint density at radius 2 is 0.859 bits per heavy atom. The molecular weight excluding hydrogens is 991 g/mol. The average Bonchev–Trinajstić information content (AvgIpc) is 3.47. The van der Waals surface area contributed by atoms with Gasteiger partial charge in [-0.1, -0.05) is 236 Å². The molecule has 14 nitrogen and oxygen atoms in total. The number of hydrogen-bond acceptors (Lipinski definition) is 13. The first kappa shape index (κ1) is 72.1. The zero-order valence-corrected chi connectivity index (χ0v) is 49.2. The van der Waals surface area contributed by atoms with Crippen LogP contribution in [0.25, 0.3) is 0 Å². The molecule has 0 saturated carbocycles. The summed E-state index contributed by atoms with van der Waals surface area (Å²) in [4.78, 5) is 13.2. The molecule has 0 aliphatic carbocycles. The van der Waals surface area contributed by atoms with Crippen molar-refractivity contribution in [2.75, 3.05) is 19.8 Å². The minimum Gasteiger partial charge on any atom is -0.394 e. The molecule has 0 aromatic heterocycles. The van der Waals surface area contributed by atoms with Crippen molar-refractivity contribution in [1.82, 2.24) is 5.32 Å². The Kier molecular flexibility index (Phi) is 45.8. The molecule has 2 fully saturated rings. The molecule has 456 valence electrons. The Bertz CT molecular complexity index is 1490. The van der Waals surface area contributed by atoms with Gasteiger partial charge in [0.2, 0.25) is 5.91 Å². The third kappa shape index (κ3) is 34.4. The summed E-state index contributed by atoms with van der Waals surface area (Å²) in [6.45, 7) is 2.72. The molecule has 0 spiro atoms. The summed E-state index contributed by atoms with van der Waals surface area (Å²) in [7, 11) is 0. The number of aliphatic hydroxyl groups is 8. The number of nitrogens with one attached hydrogen (secondary N) is 1. The monoisotopic (exact) mass is 1110 g/mol. The summed E-state index contributed by atoms with van der Waals surface area (Å²) in [5, 5.41) is 86.8. The molecule has 2 saturated heterocycles. The van der Waals surface area contributed by atoms with Gasteiger partial charge in [0, 0.05) is 6.42 Å². The van der Waals surface area contributed by atoms with Gasteiger partial charge < -0.3 is 65.1 Å². The van der Waals surface area contributed by atoms with Crippen molar-refractivity contribution in [3.05, 3.63) is 48.6 Å². The quantitative estimate of drug-likeness (QED) is 0.0204. The predicted molar refractivity (Wildman–Crippen MR) is 314 cm³/mol. The number of amides is 1. The number of unbranched alkanes of at least 4 members (excludes halogenated alkanes) is 32. The largest absolute Gasteiger partial charge is 0.394 e. The first-order chi connectivity index (χ1) is 38.1. The number of carbonyl (C=O) groups excluding carboxylic acids is 1. The molecule has 78 heavy (non-hydrogen) atoms. The van der Waals surface area contributed by atoms with E-state index in [9.17, 15) is 45.6 Å². The molecule has 0 radical (unpaired) electrons. The van der Waals surface area contributed by atoms with Crippen LogP contribution in [0.1, 0.15) is 258 Å². The van der Waals surface area contributed by atoms with E-state index in [2.05, 4.69) is 55.6 Å². The van der Waals surface area contributed by atoms with Gasteiger partial charge >= 0.3 is 0 Å². The molecule has 0 aromatic carbocycles. The van der Waals surface area contributed by atoms with Crippen molar-refractivity contribution in [2.24, 2.45) is 0 Å². The van der Waals surface area contributed by atoms with Gasteiger partial charge in [0.05, 0.1) is 32.0 Å². The van der Waals surface area contributed by atoms with Gasteiger partial charge in [-0.2, -0.15) is 0 Å². The van der Waals surface area contributed by atoms with Crippen molar-refractivity contribution < 1.29 is 64.6 Å². The van der Waals surface area contributed by atoms with Gasteiger partial charge in [0.1, 0.15) is 48.8 Å². The second-order valence-corrected chi connectivity index (χ2v) is 22.5. The Morgan fingerprint density at radius 1 is 0.462 bits per heavy atom. The van der Waals surface area contributed by atoms with Crippen LogP contribution < -0.4 is 5.32 Å². The molecule has 14 heteroatoms. The summed E-state index contributed by atoms with van der Waals surface area (Å²) < 4.78 is 22.7. The van der Waals surface area contributed by atoms with Gasteiger partial charge in [0.15, 0.2) is 12.6 Å². The van der Waals surface area contributed by atoms with E-state index >= 15 is 0 Å². The van der Waals surface area contributed by atoms with Crippen molar-refractivity contribution >= 4 is 5.91 Å². The number of aliphatic hydroxyl groups excluding tert-OH is 8. The van der Waals surface area contributed by atoms with Crippen molar-refractivity contribution in [1.29, 1.82) is 0 Å². The lowest BCUT2D eigenvalue weighted by Gasteiger charge is -2.46. The summed E-state index contributed by atoms with van der Waals surface area (Å²) in [5.74, 6) is -0.249. The predicted octanol–water partition coefficient (Wildman–Crippen LogP) is 11.6. The van der Waals surface area contributed by atoms with Crippen LogP contribution in [0.15, 0.2) is 48.6 Å². The van der Waals surface area contributed by atoms with E-state index in [1.807, 2.05) is 6.08 Å². The molecule has 12 unspecified atom stereocenters. The highest BCUT2D eigenvalue weighted by atomic mass is 16.7. The van der Waals surface area contributed by atoms with E-state index in [4.69, 9.17) is 18.9 Å². The van der Waals surface area contributed by atoms with E-state index in [0.717, 1.165) is 44.9 Å². The standard InChI is InChI=1S/C64H117NO13/c1-3-5-7-9-11-13-14-15-16-17-18-19-20-21-22-23-24-25-26-27-28-29-30-31-32-33-34-35-36-37-38-40-42-44-46-48-56(69)65-52(53(68)47-45-43-41-39-12-10-8-6-4-2)51-75-63-61(74)59(72)62(55(50-67)77-63)78-64-60(73)58(71)57(70)54(49-66)76-64/h12,14-15,17-18,39,45,47,52-55,57-64,66-68,70-74H,3-11,13,16,19-38,40-44,46,48-51H2,1-2H3,(H,65,69)/b15-14-,18-17-,39-12+,47-45+. The lowest BCUT2D eigenvalue weighted by Crippen LogP contribution is -2.65. The van der Waals surface area contributed by atoms with Crippen LogP contribution in [0.3, 0.4) is 0 Å². The highest BCUT2D eigenvalue weighted by molar-refractivity contribution is 5.76. The first-order valence-corrected chi connectivity index (χ1v) is 31.9. The van der Waals surface area contributed by atoms with Crippen molar-refractivity contribution in [3.8, 4) is 0 Å².